The number of fused-ring (bicyclic) bond motifs is 1. The Kier molecular flexibility index (Phi) is 7.38. The van der Waals surface area contributed by atoms with Crippen LogP contribution in [0.4, 0.5) is 13.2 Å². The zero-order valence-electron chi connectivity index (χ0n) is 18.9. The fraction of sp³-hybridized carbons (Fsp3) is 0.333. The molecule has 0 aliphatic carbocycles. The molecule has 0 aliphatic heterocycles. The number of carbonyl (C=O) groups excluding carboxylic acids is 1. The second-order valence-corrected chi connectivity index (χ2v) is 7.13. The SMILES string of the molecule is CCOC(=O)[C@H](CC)Oc1ccc2c(=O)c(-c3ccc(OC)c(OC)c3)c(C(F)(F)F)oc2c1. The van der Waals surface area contributed by atoms with Crippen LogP contribution in [0.1, 0.15) is 26.0 Å². The zero-order chi connectivity index (χ0) is 25.0. The van der Waals surface area contributed by atoms with Crippen LogP contribution in [0.3, 0.4) is 0 Å². The van der Waals surface area contributed by atoms with E-state index < -0.39 is 35.0 Å². The lowest BCUT2D eigenvalue weighted by Gasteiger charge is -2.17. The van der Waals surface area contributed by atoms with Gasteiger partial charge < -0.3 is 23.4 Å². The third-order valence-corrected chi connectivity index (χ3v) is 4.99. The molecule has 1 atom stereocenters. The van der Waals surface area contributed by atoms with E-state index >= 15 is 0 Å². The molecule has 0 unspecified atom stereocenters. The van der Waals surface area contributed by atoms with Crippen LogP contribution in [0.25, 0.3) is 22.1 Å². The highest BCUT2D eigenvalue weighted by Gasteiger charge is 2.39. The average molecular weight is 480 g/mol. The maximum absolute atomic E-state index is 13.9. The zero-order valence-corrected chi connectivity index (χ0v) is 18.9. The van der Waals surface area contributed by atoms with Crippen molar-refractivity contribution in [2.24, 2.45) is 0 Å². The fourth-order valence-corrected chi connectivity index (χ4v) is 3.40. The molecule has 1 aromatic heterocycles. The second-order valence-electron chi connectivity index (χ2n) is 7.13. The molecule has 34 heavy (non-hydrogen) atoms. The van der Waals surface area contributed by atoms with Gasteiger partial charge in [0.05, 0.1) is 31.8 Å². The Morgan fingerprint density at radius 2 is 1.74 bits per heavy atom. The van der Waals surface area contributed by atoms with Gasteiger partial charge in [-0.15, -0.1) is 0 Å². The van der Waals surface area contributed by atoms with E-state index in [1.165, 1.54) is 44.6 Å². The van der Waals surface area contributed by atoms with Gasteiger partial charge in [-0.1, -0.05) is 13.0 Å². The molecule has 2 aromatic carbocycles. The van der Waals surface area contributed by atoms with E-state index in [9.17, 15) is 22.8 Å². The molecule has 0 amide bonds. The molecule has 0 radical (unpaired) electrons. The van der Waals surface area contributed by atoms with Gasteiger partial charge in [-0.2, -0.15) is 13.2 Å². The van der Waals surface area contributed by atoms with E-state index in [0.29, 0.717) is 5.75 Å². The molecule has 1 heterocycles. The lowest BCUT2D eigenvalue weighted by atomic mass is 10.0. The van der Waals surface area contributed by atoms with Crippen LogP contribution in [-0.4, -0.2) is 32.9 Å². The van der Waals surface area contributed by atoms with Crippen molar-refractivity contribution < 1.29 is 41.3 Å². The summed E-state index contributed by atoms with van der Waals surface area (Å²) in [5, 5.41) is -0.0886. The summed E-state index contributed by atoms with van der Waals surface area (Å²) >= 11 is 0. The Bertz CT molecular complexity index is 1250. The summed E-state index contributed by atoms with van der Waals surface area (Å²) in [6.45, 7) is 3.49. The minimum Gasteiger partial charge on any atom is -0.493 e. The first-order chi connectivity index (χ1) is 16.1. The van der Waals surface area contributed by atoms with E-state index in [1.807, 2.05) is 0 Å². The second kappa shape index (κ2) is 10.1. The summed E-state index contributed by atoms with van der Waals surface area (Å²) in [6, 6.07) is 7.80. The minimum absolute atomic E-state index is 0.0469. The molecule has 0 spiro atoms. The lowest BCUT2D eigenvalue weighted by molar-refractivity contribution is -0.152. The normalized spacial score (nSPS) is 12.3. The van der Waals surface area contributed by atoms with Gasteiger partial charge >= 0.3 is 12.1 Å². The molecular weight excluding hydrogens is 457 g/mol. The van der Waals surface area contributed by atoms with Crippen molar-refractivity contribution in [2.45, 2.75) is 32.5 Å². The molecule has 0 bridgehead atoms. The Morgan fingerprint density at radius 3 is 2.32 bits per heavy atom. The van der Waals surface area contributed by atoms with Crippen molar-refractivity contribution in [3.8, 4) is 28.4 Å². The molecule has 0 N–H and O–H groups in total. The van der Waals surface area contributed by atoms with Crippen LogP contribution < -0.4 is 19.6 Å². The number of esters is 1. The molecule has 0 saturated heterocycles. The Morgan fingerprint density at radius 1 is 1.03 bits per heavy atom. The van der Waals surface area contributed by atoms with E-state index in [-0.39, 0.29) is 41.1 Å². The number of ether oxygens (including phenoxy) is 4. The van der Waals surface area contributed by atoms with Gasteiger partial charge in [0, 0.05) is 6.07 Å². The largest absolute Gasteiger partial charge is 0.493 e. The number of hydrogen-bond acceptors (Lipinski definition) is 7. The van der Waals surface area contributed by atoms with Crippen LogP contribution >= 0.6 is 0 Å². The lowest BCUT2D eigenvalue weighted by Crippen LogP contribution is -2.28. The summed E-state index contributed by atoms with van der Waals surface area (Å²) in [5.74, 6) is -1.57. The molecule has 10 heteroatoms. The molecular formula is C24H23F3O7. The van der Waals surface area contributed by atoms with Crippen LogP contribution in [0.2, 0.25) is 0 Å². The van der Waals surface area contributed by atoms with Crippen molar-refractivity contribution in [3.63, 3.8) is 0 Å². The standard InChI is InChI=1S/C24H23F3O7/c1-5-16(23(29)32-6-2)33-14-8-9-15-18(12-14)34-22(24(25,26)27)20(21(15)28)13-7-10-17(30-3)19(11-13)31-4/h7-12,16H,5-6H2,1-4H3/t16-/m0/s1. The van der Waals surface area contributed by atoms with Crippen LogP contribution in [-0.2, 0) is 15.7 Å². The molecule has 3 aromatic rings. The number of carbonyl (C=O) groups is 1. The van der Waals surface area contributed by atoms with E-state index in [1.54, 1.807) is 13.8 Å². The Labute approximate surface area is 193 Å². The predicted octanol–water partition coefficient (Wildman–Crippen LogP) is 5.22. The summed E-state index contributed by atoms with van der Waals surface area (Å²) in [6.07, 6.45) is -5.66. The van der Waals surface area contributed by atoms with Crippen molar-refractivity contribution in [1.29, 1.82) is 0 Å². The van der Waals surface area contributed by atoms with Crippen molar-refractivity contribution in [3.05, 3.63) is 52.4 Å². The van der Waals surface area contributed by atoms with Crippen molar-refractivity contribution >= 4 is 16.9 Å². The quantitative estimate of drug-likeness (QED) is 0.409. The third-order valence-electron chi connectivity index (χ3n) is 4.99. The van der Waals surface area contributed by atoms with E-state index in [4.69, 9.17) is 23.4 Å². The predicted molar refractivity (Wildman–Crippen MR) is 117 cm³/mol. The van der Waals surface area contributed by atoms with Gasteiger partial charge in [-0.05, 0) is 43.2 Å². The molecule has 0 fully saturated rings. The third kappa shape index (κ3) is 4.95. The van der Waals surface area contributed by atoms with Gasteiger partial charge in [-0.3, -0.25) is 4.79 Å². The van der Waals surface area contributed by atoms with E-state index in [2.05, 4.69) is 0 Å². The highest BCUT2D eigenvalue weighted by atomic mass is 19.4. The number of hydrogen-bond donors (Lipinski definition) is 0. The van der Waals surface area contributed by atoms with Gasteiger partial charge in [0.1, 0.15) is 11.3 Å². The number of benzene rings is 2. The summed E-state index contributed by atoms with van der Waals surface area (Å²) < 4.78 is 67.8. The highest BCUT2D eigenvalue weighted by molar-refractivity contribution is 5.84. The molecule has 182 valence electrons. The molecule has 0 aliphatic rings. The Hall–Kier alpha value is -3.69. The molecule has 7 nitrogen and oxygen atoms in total. The van der Waals surface area contributed by atoms with Crippen LogP contribution in [0, 0.1) is 0 Å². The van der Waals surface area contributed by atoms with Gasteiger partial charge in [0.2, 0.25) is 11.2 Å². The smallest absolute Gasteiger partial charge is 0.450 e. The summed E-state index contributed by atoms with van der Waals surface area (Å²) in [7, 11) is 2.71. The van der Waals surface area contributed by atoms with Gasteiger partial charge in [-0.25, -0.2) is 4.79 Å². The van der Waals surface area contributed by atoms with Crippen molar-refractivity contribution in [2.75, 3.05) is 20.8 Å². The number of methoxy groups -OCH3 is 2. The number of halogens is 3. The monoisotopic (exact) mass is 480 g/mol. The van der Waals surface area contributed by atoms with Crippen molar-refractivity contribution in [1.82, 2.24) is 0 Å². The van der Waals surface area contributed by atoms with Gasteiger partial charge in [0.15, 0.2) is 17.6 Å². The summed E-state index contributed by atoms with van der Waals surface area (Å²) in [5.41, 5.74) is -1.93. The van der Waals surface area contributed by atoms with Crippen LogP contribution in [0.15, 0.2) is 45.6 Å². The Balaban J connectivity index is 2.17. The first kappa shape index (κ1) is 24.9. The number of rotatable bonds is 8. The molecule has 3 rings (SSSR count). The first-order valence-electron chi connectivity index (χ1n) is 10.4. The minimum atomic E-state index is -4.97. The summed E-state index contributed by atoms with van der Waals surface area (Å²) in [4.78, 5) is 25.2. The maximum Gasteiger partial charge on any atom is 0.450 e. The highest BCUT2D eigenvalue weighted by Crippen LogP contribution is 2.40. The fourth-order valence-electron chi connectivity index (χ4n) is 3.40. The van der Waals surface area contributed by atoms with E-state index in [0.717, 1.165) is 6.07 Å². The van der Waals surface area contributed by atoms with Crippen LogP contribution in [0.5, 0.6) is 17.2 Å². The van der Waals surface area contributed by atoms with Gasteiger partial charge in [0.25, 0.3) is 0 Å². The maximum atomic E-state index is 13.9. The first-order valence-corrected chi connectivity index (χ1v) is 10.4. The topological polar surface area (TPSA) is 84.2 Å². The average Bonchev–Trinajstić information content (AvgIpc) is 2.81. The molecule has 0 saturated carbocycles. The number of alkyl halides is 3.